The molecule has 142 valence electrons. The van der Waals surface area contributed by atoms with Crippen molar-refractivity contribution in [2.24, 2.45) is 0 Å². The summed E-state index contributed by atoms with van der Waals surface area (Å²) in [6, 6.07) is 5.33. The summed E-state index contributed by atoms with van der Waals surface area (Å²) >= 11 is 0. The third-order valence-corrected chi connectivity index (χ3v) is 4.60. The third kappa shape index (κ3) is 4.92. The molecule has 2 fully saturated rings. The molecule has 26 heavy (non-hydrogen) atoms. The Bertz CT molecular complexity index is 619. The number of benzene rings is 1. The number of likely N-dealkylation sites (tertiary alicyclic amines) is 1. The Labute approximate surface area is 151 Å². The number of halogens is 1. The monoisotopic (exact) mass is 365 g/mol. The van der Waals surface area contributed by atoms with E-state index in [1.54, 1.807) is 17.0 Å². The molecule has 2 heterocycles. The predicted octanol–water partition coefficient (Wildman–Crippen LogP) is 1.38. The second-order valence-electron chi connectivity index (χ2n) is 6.42. The van der Waals surface area contributed by atoms with Crippen LogP contribution in [0.25, 0.3) is 0 Å². The summed E-state index contributed by atoms with van der Waals surface area (Å²) in [5.41, 5.74) is 0.777. The van der Waals surface area contributed by atoms with Crippen molar-refractivity contribution in [2.75, 3.05) is 26.3 Å². The zero-order chi connectivity index (χ0) is 18.4. The second-order valence-corrected chi connectivity index (χ2v) is 6.42. The van der Waals surface area contributed by atoms with Crippen molar-refractivity contribution < 1.29 is 23.5 Å². The van der Waals surface area contributed by atoms with Gasteiger partial charge in [-0.05, 0) is 37.0 Å². The van der Waals surface area contributed by atoms with Gasteiger partial charge in [0.15, 0.2) is 6.29 Å². The van der Waals surface area contributed by atoms with Gasteiger partial charge in [0.2, 0.25) is 5.91 Å². The number of carbonyl (C=O) groups is 2. The number of nitrogens with one attached hydrogen (secondary N) is 2. The largest absolute Gasteiger partial charge is 0.348 e. The fraction of sp³-hybridized carbons (Fsp3) is 0.556. The molecule has 2 aliphatic heterocycles. The molecule has 0 unspecified atom stereocenters. The lowest BCUT2D eigenvalue weighted by atomic mass is 10.0. The molecule has 0 radical (unpaired) electrons. The Morgan fingerprint density at radius 3 is 2.58 bits per heavy atom. The lowest BCUT2D eigenvalue weighted by Crippen LogP contribution is -2.53. The molecule has 0 bridgehead atoms. The molecular formula is C18H24FN3O4. The summed E-state index contributed by atoms with van der Waals surface area (Å²) in [7, 11) is 0. The standard InChI is InChI=1S/C18H24FN3O4/c19-14-6-4-13(5-7-14)11-20-18(24)21-12-16(23)22-8-2-1-3-15(22)17-25-9-10-26-17/h4-7,15,17H,1-3,8-12H2,(H2,20,21,24)/t15-/m1/s1. The number of hydrogen-bond donors (Lipinski definition) is 2. The minimum atomic E-state index is -0.440. The van der Waals surface area contributed by atoms with Crippen LogP contribution in [-0.4, -0.2) is 55.5 Å². The fourth-order valence-electron chi connectivity index (χ4n) is 3.25. The minimum absolute atomic E-state index is 0.0849. The van der Waals surface area contributed by atoms with Crippen LogP contribution in [0.3, 0.4) is 0 Å². The molecule has 0 spiro atoms. The molecule has 0 aliphatic carbocycles. The zero-order valence-electron chi connectivity index (χ0n) is 14.6. The molecule has 2 saturated heterocycles. The highest BCUT2D eigenvalue weighted by atomic mass is 19.1. The number of amides is 3. The molecule has 2 N–H and O–H groups in total. The molecule has 1 aromatic carbocycles. The van der Waals surface area contributed by atoms with Crippen LogP contribution in [-0.2, 0) is 20.8 Å². The minimum Gasteiger partial charge on any atom is -0.348 e. The van der Waals surface area contributed by atoms with Gasteiger partial charge in [-0.2, -0.15) is 0 Å². The molecule has 7 nitrogen and oxygen atoms in total. The van der Waals surface area contributed by atoms with E-state index in [9.17, 15) is 14.0 Å². The maximum absolute atomic E-state index is 12.9. The van der Waals surface area contributed by atoms with Crippen molar-refractivity contribution in [1.29, 1.82) is 0 Å². The summed E-state index contributed by atoms with van der Waals surface area (Å²) in [4.78, 5) is 26.2. The highest BCUT2D eigenvalue weighted by Crippen LogP contribution is 2.24. The van der Waals surface area contributed by atoms with Crippen LogP contribution >= 0.6 is 0 Å². The summed E-state index contributed by atoms with van der Waals surface area (Å²) in [6.45, 7) is 1.92. The van der Waals surface area contributed by atoms with E-state index in [0.717, 1.165) is 24.8 Å². The van der Waals surface area contributed by atoms with E-state index < -0.39 is 6.03 Å². The molecule has 2 aliphatic rings. The van der Waals surface area contributed by atoms with Crippen molar-refractivity contribution in [3.8, 4) is 0 Å². The first-order valence-electron chi connectivity index (χ1n) is 8.92. The molecular weight excluding hydrogens is 341 g/mol. The van der Waals surface area contributed by atoms with Gasteiger partial charge in [-0.15, -0.1) is 0 Å². The Morgan fingerprint density at radius 1 is 1.12 bits per heavy atom. The average Bonchev–Trinajstić information content (AvgIpc) is 3.20. The summed E-state index contributed by atoms with van der Waals surface area (Å²) in [5.74, 6) is -0.471. The summed E-state index contributed by atoms with van der Waals surface area (Å²) in [5, 5.41) is 5.23. The molecule has 3 amide bonds. The van der Waals surface area contributed by atoms with E-state index in [-0.39, 0.29) is 37.1 Å². The van der Waals surface area contributed by atoms with Gasteiger partial charge < -0.3 is 25.0 Å². The highest BCUT2D eigenvalue weighted by Gasteiger charge is 2.36. The first kappa shape index (κ1) is 18.6. The van der Waals surface area contributed by atoms with E-state index in [1.165, 1.54) is 12.1 Å². The number of ether oxygens (including phenoxy) is 2. The number of piperidine rings is 1. The lowest BCUT2D eigenvalue weighted by Gasteiger charge is -2.38. The van der Waals surface area contributed by atoms with Crippen LogP contribution in [0.1, 0.15) is 24.8 Å². The highest BCUT2D eigenvalue weighted by molar-refractivity contribution is 5.84. The Hall–Kier alpha value is -2.19. The van der Waals surface area contributed by atoms with Gasteiger partial charge in [-0.3, -0.25) is 4.79 Å². The SMILES string of the molecule is O=C(NCC(=O)N1CCCC[C@@H]1C1OCCO1)NCc1ccc(F)cc1. The maximum atomic E-state index is 12.9. The van der Waals surface area contributed by atoms with Crippen molar-refractivity contribution >= 4 is 11.9 Å². The first-order chi connectivity index (χ1) is 12.6. The van der Waals surface area contributed by atoms with Crippen LogP contribution in [0, 0.1) is 5.82 Å². The lowest BCUT2D eigenvalue weighted by molar-refractivity contribution is -0.149. The Balaban J connectivity index is 1.44. The van der Waals surface area contributed by atoms with Crippen LogP contribution in [0.2, 0.25) is 0 Å². The van der Waals surface area contributed by atoms with E-state index in [4.69, 9.17) is 9.47 Å². The van der Waals surface area contributed by atoms with Crippen LogP contribution in [0.5, 0.6) is 0 Å². The third-order valence-electron chi connectivity index (χ3n) is 4.60. The summed E-state index contributed by atoms with van der Waals surface area (Å²) in [6.07, 6.45) is 2.44. The quantitative estimate of drug-likeness (QED) is 0.826. The van der Waals surface area contributed by atoms with E-state index in [2.05, 4.69) is 10.6 Å². The molecule has 8 heteroatoms. The molecule has 0 saturated carbocycles. The van der Waals surface area contributed by atoms with Gasteiger partial charge >= 0.3 is 6.03 Å². The molecule has 3 rings (SSSR count). The Morgan fingerprint density at radius 2 is 1.85 bits per heavy atom. The van der Waals surface area contributed by atoms with E-state index >= 15 is 0 Å². The van der Waals surface area contributed by atoms with Crippen LogP contribution in [0.4, 0.5) is 9.18 Å². The molecule has 1 atom stereocenters. The van der Waals surface area contributed by atoms with Gasteiger partial charge in [0.25, 0.3) is 0 Å². The number of rotatable bonds is 5. The van der Waals surface area contributed by atoms with E-state index in [1.807, 2.05) is 0 Å². The van der Waals surface area contributed by atoms with Crippen molar-refractivity contribution in [3.05, 3.63) is 35.6 Å². The zero-order valence-corrected chi connectivity index (χ0v) is 14.6. The van der Waals surface area contributed by atoms with Crippen LogP contribution < -0.4 is 10.6 Å². The van der Waals surface area contributed by atoms with Gasteiger partial charge in [0.1, 0.15) is 5.82 Å². The van der Waals surface area contributed by atoms with Crippen LogP contribution in [0.15, 0.2) is 24.3 Å². The number of carbonyl (C=O) groups excluding carboxylic acids is 2. The summed E-state index contributed by atoms with van der Waals surface area (Å²) < 4.78 is 24.0. The first-order valence-corrected chi connectivity index (χ1v) is 8.92. The fourth-order valence-corrected chi connectivity index (χ4v) is 3.25. The molecule has 0 aromatic heterocycles. The topological polar surface area (TPSA) is 79.9 Å². The predicted molar refractivity (Wildman–Crippen MR) is 91.7 cm³/mol. The van der Waals surface area contributed by atoms with Gasteiger partial charge in [-0.25, -0.2) is 9.18 Å². The molecule has 1 aromatic rings. The van der Waals surface area contributed by atoms with Gasteiger partial charge in [0.05, 0.1) is 25.8 Å². The van der Waals surface area contributed by atoms with Crippen molar-refractivity contribution in [2.45, 2.75) is 38.1 Å². The maximum Gasteiger partial charge on any atom is 0.315 e. The van der Waals surface area contributed by atoms with Crippen molar-refractivity contribution in [1.82, 2.24) is 15.5 Å². The Kier molecular flexibility index (Phi) is 6.40. The van der Waals surface area contributed by atoms with Crippen molar-refractivity contribution in [3.63, 3.8) is 0 Å². The van der Waals surface area contributed by atoms with E-state index in [0.29, 0.717) is 19.8 Å². The normalized spacial score (nSPS) is 20.8. The van der Waals surface area contributed by atoms with Gasteiger partial charge in [-0.1, -0.05) is 12.1 Å². The number of nitrogens with zero attached hydrogens (tertiary/aromatic N) is 1. The number of urea groups is 1. The second kappa shape index (κ2) is 8.95. The number of hydrogen-bond acceptors (Lipinski definition) is 4. The van der Waals surface area contributed by atoms with Gasteiger partial charge in [0, 0.05) is 13.1 Å². The average molecular weight is 365 g/mol. The smallest absolute Gasteiger partial charge is 0.315 e.